The number of amides is 1. The fraction of sp³-hybridized carbons (Fsp3) is 0.538. The number of fused-ring (bicyclic) bond motifs is 1. The van der Waals surface area contributed by atoms with Crippen molar-refractivity contribution in [2.75, 3.05) is 30.4 Å². The van der Waals surface area contributed by atoms with Gasteiger partial charge in [-0.3, -0.25) is 9.89 Å². The van der Waals surface area contributed by atoms with E-state index in [2.05, 4.69) is 35.7 Å². The normalized spacial score (nSPS) is 16.2. The summed E-state index contributed by atoms with van der Waals surface area (Å²) in [7, 11) is 1.80. The van der Waals surface area contributed by atoms with E-state index >= 15 is 0 Å². The Kier molecular flexibility index (Phi) is 3.59. The zero-order valence-electron chi connectivity index (χ0n) is 12.2. The predicted molar refractivity (Wildman–Crippen MR) is 80.3 cm³/mol. The number of piperidine rings is 1. The van der Waals surface area contributed by atoms with Crippen LogP contribution in [0, 0.1) is 0 Å². The van der Waals surface area contributed by atoms with Gasteiger partial charge in [-0.05, 0) is 12.8 Å². The topological polar surface area (TPSA) is 98.8 Å². The van der Waals surface area contributed by atoms with Crippen molar-refractivity contribution in [2.24, 2.45) is 0 Å². The number of hydrogen-bond donors (Lipinski definition) is 3. The molecule has 0 aromatic carbocycles. The summed E-state index contributed by atoms with van der Waals surface area (Å²) in [5.41, 5.74) is 0.730. The molecular weight excluding hydrogens is 270 g/mol. The largest absolute Gasteiger partial charge is 0.357 e. The fourth-order valence-electron chi connectivity index (χ4n) is 2.70. The summed E-state index contributed by atoms with van der Waals surface area (Å²) in [4.78, 5) is 22.2. The standard InChI is InChI=1S/C13H19N7O/c1-8(21)16-9-3-5-20(6-4-9)12-10-7-15-19-11(10)17-13(14-2)18-12/h7,9H,3-6H2,1-2H3,(H,16,21)(H2,14,15,17,18,19). The molecule has 0 unspecified atom stereocenters. The summed E-state index contributed by atoms with van der Waals surface area (Å²) >= 11 is 0. The molecule has 112 valence electrons. The second kappa shape index (κ2) is 5.55. The molecule has 3 N–H and O–H groups in total. The second-order valence-corrected chi connectivity index (χ2v) is 5.21. The molecule has 21 heavy (non-hydrogen) atoms. The van der Waals surface area contributed by atoms with E-state index in [1.54, 1.807) is 20.2 Å². The Hall–Kier alpha value is -2.38. The van der Waals surface area contributed by atoms with Crippen molar-refractivity contribution in [3.05, 3.63) is 6.20 Å². The molecule has 0 radical (unpaired) electrons. The van der Waals surface area contributed by atoms with Gasteiger partial charge in [-0.15, -0.1) is 0 Å². The van der Waals surface area contributed by atoms with Crippen molar-refractivity contribution in [2.45, 2.75) is 25.8 Å². The molecule has 1 fully saturated rings. The lowest BCUT2D eigenvalue weighted by molar-refractivity contribution is -0.119. The first-order valence-corrected chi connectivity index (χ1v) is 7.08. The lowest BCUT2D eigenvalue weighted by Gasteiger charge is -2.33. The summed E-state index contributed by atoms with van der Waals surface area (Å²) in [5.74, 6) is 1.50. The van der Waals surface area contributed by atoms with Crippen molar-refractivity contribution < 1.29 is 4.79 Å². The maximum atomic E-state index is 11.1. The minimum Gasteiger partial charge on any atom is -0.357 e. The Bertz CT molecular complexity index is 645. The smallest absolute Gasteiger partial charge is 0.226 e. The molecular formula is C13H19N7O. The van der Waals surface area contributed by atoms with Gasteiger partial charge in [0, 0.05) is 33.1 Å². The first-order valence-electron chi connectivity index (χ1n) is 7.08. The number of aromatic nitrogens is 4. The van der Waals surface area contributed by atoms with Gasteiger partial charge in [0.2, 0.25) is 11.9 Å². The summed E-state index contributed by atoms with van der Waals surface area (Å²) < 4.78 is 0. The monoisotopic (exact) mass is 289 g/mol. The van der Waals surface area contributed by atoms with Crippen molar-refractivity contribution in [3.8, 4) is 0 Å². The quantitative estimate of drug-likeness (QED) is 0.761. The molecule has 0 spiro atoms. The number of anilines is 2. The summed E-state index contributed by atoms with van der Waals surface area (Å²) in [6.45, 7) is 3.27. The van der Waals surface area contributed by atoms with Crippen LogP contribution >= 0.6 is 0 Å². The van der Waals surface area contributed by atoms with E-state index in [0.717, 1.165) is 42.8 Å². The molecule has 3 heterocycles. The molecule has 0 bridgehead atoms. The number of H-pyrrole nitrogens is 1. The first kappa shape index (κ1) is 13.6. The van der Waals surface area contributed by atoms with E-state index in [0.29, 0.717) is 5.95 Å². The number of carbonyl (C=O) groups excluding carboxylic acids is 1. The van der Waals surface area contributed by atoms with Crippen LogP contribution in [0.4, 0.5) is 11.8 Å². The van der Waals surface area contributed by atoms with E-state index in [1.807, 2.05) is 0 Å². The summed E-state index contributed by atoms with van der Waals surface area (Å²) in [5, 5.41) is 13.8. The molecule has 1 saturated heterocycles. The van der Waals surface area contributed by atoms with Gasteiger partial charge in [0.1, 0.15) is 5.82 Å². The first-order chi connectivity index (χ1) is 10.2. The van der Waals surface area contributed by atoms with Crippen LogP contribution in [0.5, 0.6) is 0 Å². The molecule has 0 atom stereocenters. The summed E-state index contributed by atoms with van der Waals surface area (Å²) in [6.07, 6.45) is 3.58. The van der Waals surface area contributed by atoms with Crippen LogP contribution in [-0.4, -0.2) is 52.3 Å². The second-order valence-electron chi connectivity index (χ2n) is 5.21. The van der Waals surface area contributed by atoms with Gasteiger partial charge in [0.05, 0.1) is 11.6 Å². The number of nitrogens with one attached hydrogen (secondary N) is 3. The van der Waals surface area contributed by atoms with Gasteiger partial charge in [-0.25, -0.2) is 0 Å². The summed E-state index contributed by atoms with van der Waals surface area (Å²) in [6, 6.07) is 0.254. The predicted octanol–water partition coefficient (Wildman–Crippen LogP) is 0.499. The number of hydrogen-bond acceptors (Lipinski definition) is 6. The van der Waals surface area contributed by atoms with Gasteiger partial charge >= 0.3 is 0 Å². The van der Waals surface area contributed by atoms with Crippen LogP contribution in [0.15, 0.2) is 6.20 Å². The third-order valence-electron chi connectivity index (χ3n) is 3.72. The molecule has 0 aliphatic carbocycles. The Morgan fingerprint density at radius 1 is 1.38 bits per heavy atom. The minimum atomic E-state index is 0.0326. The van der Waals surface area contributed by atoms with Crippen LogP contribution in [-0.2, 0) is 4.79 Å². The number of aromatic amines is 1. The Labute approximate surface area is 122 Å². The molecule has 2 aromatic heterocycles. The van der Waals surface area contributed by atoms with Crippen molar-refractivity contribution >= 4 is 28.7 Å². The van der Waals surface area contributed by atoms with Crippen molar-refractivity contribution in [3.63, 3.8) is 0 Å². The molecule has 1 aliphatic rings. The lowest BCUT2D eigenvalue weighted by Crippen LogP contribution is -2.44. The highest BCUT2D eigenvalue weighted by Crippen LogP contribution is 2.26. The van der Waals surface area contributed by atoms with Crippen LogP contribution in [0.25, 0.3) is 11.0 Å². The fourth-order valence-corrected chi connectivity index (χ4v) is 2.70. The minimum absolute atomic E-state index is 0.0326. The molecule has 3 rings (SSSR count). The van der Waals surface area contributed by atoms with Crippen LogP contribution < -0.4 is 15.5 Å². The average molecular weight is 289 g/mol. The third-order valence-corrected chi connectivity index (χ3v) is 3.72. The van der Waals surface area contributed by atoms with Gasteiger partial charge < -0.3 is 15.5 Å². The van der Waals surface area contributed by atoms with E-state index in [9.17, 15) is 4.79 Å². The molecule has 0 saturated carbocycles. The molecule has 1 amide bonds. The highest BCUT2D eigenvalue weighted by atomic mass is 16.1. The van der Waals surface area contributed by atoms with Crippen LogP contribution in [0.2, 0.25) is 0 Å². The van der Waals surface area contributed by atoms with Gasteiger partial charge in [0.15, 0.2) is 5.65 Å². The SMILES string of the molecule is CNc1nc(N2CCC(NC(C)=O)CC2)c2cn[nH]c2n1. The molecule has 2 aromatic rings. The maximum absolute atomic E-state index is 11.1. The Balaban J connectivity index is 1.81. The highest BCUT2D eigenvalue weighted by Gasteiger charge is 2.23. The van der Waals surface area contributed by atoms with E-state index in [1.165, 1.54) is 0 Å². The number of carbonyl (C=O) groups is 1. The van der Waals surface area contributed by atoms with Crippen molar-refractivity contribution in [1.29, 1.82) is 0 Å². The van der Waals surface area contributed by atoms with Gasteiger partial charge in [0.25, 0.3) is 0 Å². The Morgan fingerprint density at radius 2 is 2.14 bits per heavy atom. The van der Waals surface area contributed by atoms with Gasteiger partial charge in [-0.2, -0.15) is 15.1 Å². The van der Waals surface area contributed by atoms with E-state index < -0.39 is 0 Å². The van der Waals surface area contributed by atoms with Crippen LogP contribution in [0.3, 0.4) is 0 Å². The van der Waals surface area contributed by atoms with E-state index in [4.69, 9.17) is 0 Å². The lowest BCUT2D eigenvalue weighted by atomic mass is 10.0. The number of nitrogens with zero attached hydrogens (tertiary/aromatic N) is 4. The highest BCUT2D eigenvalue weighted by molar-refractivity contribution is 5.87. The maximum Gasteiger partial charge on any atom is 0.226 e. The Morgan fingerprint density at radius 3 is 2.81 bits per heavy atom. The zero-order valence-corrected chi connectivity index (χ0v) is 12.2. The molecule has 8 nitrogen and oxygen atoms in total. The average Bonchev–Trinajstić information content (AvgIpc) is 2.94. The number of rotatable bonds is 3. The third kappa shape index (κ3) is 2.74. The van der Waals surface area contributed by atoms with Crippen LogP contribution in [0.1, 0.15) is 19.8 Å². The van der Waals surface area contributed by atoms with Crippen molar-refractivity contribution in [1.82, 2.24) is 25.5 Å². The molecule has 8 heteroatoms. The van der Waals surface area contributed by atoms with E-state index in [-0.39, 0.29) is 11.9 Å². The zero-order chi connectivity index (χ0) is 14.8. The molecule has 1 aliphatic heterocycles. The van der Waals surface area contributed by atoms with Gasteiger partial charge in [-0.1, -0.05) is 0 Å².